The van der Waals surface area contributed by atoms with Crippen LogP contribution in [-0.2, 0) is 14.8 Å². The van der Waals surface area contributed by atoms with Crippen molar-refractivity contribution in [3.8, 4) is 0 Å². The second-order valence-corrected chi connectivity index (χ2v) is 9.24. The van der Waals surface area contributed by atoms with Crippen molar-refractivity contribution in [2.45, 2.75) is 50.5 Å². The van der Waals surface area contributed by atoms with E-state index in [1.165, 1.54) is 30.3 Å². The van der Waals surface area contributed by atoms with Crippen LogP contribution in [0.25, 0.3) is 0 Å². The van der Waals surface area contributed by atoms with Crippen LogP contribution in [0.3, 0.4) is 0 Å². The smallest absolute Gasteiger partial charge is 0.241 e. The summed E-state index contributed by atoms with van der Waals surface area (Å²) < 4.78 is 28.5. The Bertz CT molecular complexity index is 969. The lowest BCUT2D eigenvalue weighted by Gasteiger charge is -2.19. The van der Waals surface area contributed by atoms with Crippen LogP contribution < -0.4 is 10.0 Å². The third-order valence-electron chi connectivity index (χ3n) is 4.47. The first-order valence-corrected chi connectivity index (χ1v) is 11.3. The Hall–Kier alpha value is -1.83. The molecular weight excluding hydrogens is 380 g/mol. The summed E-state index contributed by atoms with van der Waals surface area (Å²) in [5, 5.41) is 2.69. The fourth-order valence-corrected chi connectivity index (χ4v) is 4.74. The van der Waals surface area contributed by atoms with E-state index in [-0.39, 0.29) is 16.8 Å². The lowest BCUT2D eigenvalue weighted by atomic mass is 9.97. The molecule has 0 fully saturated rings. The van der Waals surface area contributed by atoms with Gasteiger partial charge in [-0.1, -0.05) is 12.1 Å². The minimum Gasteiger partial charge on any atom is -0.325 e. The van der Waals surface area contributed by atoms with Crippen LogP contribution in [0.4, 0.5) is 5.69 Å². The van der Waals surface area contributed by atoms with E-state index in [2.05, 4.69) is 16.1 Å². The highest BCUT2D eigenvalue weighted by atomic mass is 32.2. The van der Waals surface area contributed by atoms with E-state index >= 15 is 0 Å². The molecule has 5 nitrogen and oxygen atoms in total. The molecule has 0 heterocycles. The topological polar surface area (TPSA) is 75.3 Å². The van der Waals surface area contributed by atoms with Gasteiger partial charge in [0.2, 0.25) is 15.9 Å². The van der Waals surface area contributed by atoms with Gasteiger partial charge in [-0.3, -0.25) is 4.79 Å². The summed E-state index contributed by atoms with van der Waals surface area (Å²) in [6.45, 7) is 9.26. The zero-order valence-corrected chi connectivity index (χ0v) is 18.1. The van der Waals surface area contributed by atoms with Gasteiger partial charge < -0.3 is 5.32 Å². The average molecular weight is 407 g/mol. The van der Waals surface area contributed by atoms with E-state index < -0.39 is 10.0 Å². The number of anilines is 1. The predicted octanol–water partition coefficient (Wildman–Crippen LogP) is 4.33. The maximum absolute atomic E-state index is 12.9. The van der Waals surface area contributed by atoms with Gasteiger partial charge in [0.15, 0.2) is 0 Å². The molecule has 0 aromatic heterocycles. The molecule has 7 heteroatoms. The molecule has 0 saturated heterocycles. The summed E-state index contributed by atoms with van der Waals surface area (Å²) in [5.41, 5.74) is 4.79. The first kappa shape index (κ1) is 21.5. The van der Waals surface area contributed by atoms with Gasteiger partial charge in [0.25, 0.3) is 0 Å². The molecule has 0 aliphatic rings. The average Bonchev–Trinajstić information content (AvgIpc) is 2.57. The largest absolute Gasteiger partial charge is 0.325 e. The van der Waals surface area contributed by atoms with Crippen molar-refractivity contribution < 1.29 is 13.2 Å². The number of thioether (sulfide) groups is 1. The molecule has 0 aliphatic heterocycles. The number of rotatable bonds is 6. The second-order valence-electron chi connectivity index (χ2n) is 6.68. The Balaban J connectivity index is 2.36. The van der Waals surface area contributed by atoms with E-state index in [1.807, 2.05) is 40.0 Å². The minimum absolute atomic E-state index is 0.123. The van der Waals surface area contributed by atoms with E-state index in [9.17, 15) is 13.2 Å². The van der Waals surface area contributed by atoms with Gasteiger partial charge in [-0.25, -0.2) is 13.1 Å². The molecule has 146 valence electrons. The fourth-order valence-electron chi connectivity index (χ4n) is 2.96. The summed E-state index contributed by atoms with van der Waals surface area (Å²) in [7, 11) is -3.74. The molecule has 0 saturated carbocycles. The van der Waals surface area contributed by atoms with Gasteiger partial charge in [0.1, 0.15) is 0 Å². The van der Waals surface area contributed by atoms with Crippen LogP contribution in [0.1, 0.15) is 42.1 Å². The van der Waals surface area contributed by atoms with E-state index in [4.69, 9.17) is 0 Å². The molecule has 2 rings (SSSR count). The summed E-state index contributed by atoms with van der Waals surface area (Å²) in [4.78, 5) is 12.3. The third kappa shape index (κ3) is 5.12. The van der Waals surface area contributed by atoms with Crippen molar-refractivity contribution in [1.82, 2.24) is 4.72 Å². The number of hydrogen-bond acceptors (Lipinski definition) is 4. The number of carbonyl (C=O) groups excluding carboxylic acids is 1. The van der Waals surface area contributed by atoms with Crippen LogP contribution in [0.15, 0.2) is 40.1 Å². The maximum Gasteiger partial charge on any atom is 0.241 e. The molecule has 0 radical (unpaired) electrons. The number of hydrogen-bond donors (Lipinski definition) is 2. The molecule has 1 atom stereocenters. The summed E-state index contributed by atoms with van der Waals surface area (Å²) in [5.74, 6) is -0.244. The van der Waals surface area contributed by atoms with Gasteiger partial charge in [-0.2, -0.15) is 0 Å². The highest BCUT2D eigenvalue weighted by molar-refractivity contribution is 7.98. The molecule has 2 aromatic rings. The summed E-state index contributed by atoms with van der Waals surface area (Å²) >= 11 is 1.44. The van der Waals surface area contributed by atoms with Crippen molar-refractivity contribution in [2.75, 3.05) is 11.6 Å². The Morgan fingerprint density at radius 1 is 1.04 bits per heavy atom. The Kier molecular flexibility index (Phi) is 6.72. The first-order valence-electron chi connectivity index (χ1n) is 8.61. The van der Waals surface area contributed by atoms with Gasteiger partial charge in [-0.05, 0) is 74.4 Å². The van der Waals surface area contributed by atoms with Crippen molar-refractivity contribution in [3.63, 3.8) is 0 Å². The zero-order chi connectivity index (χ0) is 20.4. The molecular formula is C20H26N2O3S2. The van der Waals surface area contributed by atoms with Crippen LogP contribution in [0, 0.1) is 20.8 Å². The molecule has 0 aliphatic carbocycles. The van der Waals surface area contributed by atoms with Crippen LogP contribution in [0.2, 0.25) is 0 Å². The molecule has 1 amide bonds. The molecule has 1 unspecified atom stereocenters. The number of nitrogens with one attached hydrogen (secondary N) is 2. The number of aryl methyl sites for hydroxylation is 3. The normalized spacial score (nSPS) is 12.7. The van der Waals surface area contributed by atoms with Gasteiger partial charge in [0, 0.05) is 17.9 Å². The van der Waals surface area contributed by atoms with E-state index in [0.29, 0.717) is 5.69 Å². The SMILES string of the molecule is CSc1ccc(S(=O)(=O)NC(C)c2cc(C)c(C)cc2C)cc1NC(C)=O. The highest BCUT2D eigenvalue weighted by Crippen LogP contribution is 2.29. The summed E-state index contributed by atoms with van der Waals surface area (Å²) in [6.07, 6.45) is 1.87. The number of benzene rings is 2. The summed E-state index contributed by atoms with van der Waals surface area (Å²) in [6, 6.07) is 8.47. The van der Waals surface area contributed by atoms with Crippen molar-refractivity contribution in [3.05, 3.63) is 52.6 Å². The Labute approximate surface area is 166 Å². The third-order valence-corrected chi connectivity index (χ3v) is 6.81. The molecule has 27 heavy (non-hydrogen) atoms. The Morgan fingerprint density at radius 2 is 1.67 bits per heavy atom. The number of carbonyl (C=O) groups is 1. The van der Waals surface area contributed by atoms with E-state index in [1.54, 1.807) is 12.1 Å². The van der Waals surface area contributed by atoms with Crippen molar-refractivity contribution in [1.29, 1.82) is 0 Å². The van der Waals surface area contributed by atoms with Crippen LogP contribution in [0.5, 0.6) is 0 Å². The zero-order valence-electron chi connectivity index (χ0n) is 16.5. The standard InChI is InChI=1S/C20H26N2O3S2/c1-12-9-14(3)18(10-13(12)2)15(4)22-27(24,25)17-7-8-20(26-6)19(11-17)21-16(5)23/h7-11,15,22H,1-6H3,(H,21,23). The second kappa shape index (κ2) is 8.46. The quantitative estimate of drug-likeness (QED) is 0.700. The molecule has 2 N–H and O–H groups in total. The van der Waals surface area contributed by atoms with Gasteiger partial charge >= 0.3 is 0 Å². The number of amides is 1. The number of sulfonamides is 1. The molecule has 0 bridgehead atoms. The predicted molar refractivity (Wildman–Crippen MR) is 112 cm³/mol. The lowest BCUT2D eigenvalue weighted by molar-refractivity contribution is -0.114. The van der Waals surface area contributed by atoms with Crippen molar-refractivity contribution in [2.24, 2.45) is 0 Å². The van der Waals surface area contributed by atoms with E-state index in [0.717, 1.165) is 21.6 Å². The lowest BCUT2D eigenvalue weighted by Crippen LogP contribution is -2.27. The molecule has 0 spiro atoms. The molecule has 2 aromatic carbocycles. The van der Waals surface area contributed by atoms with Crippen LogP contribution in [-0.4, -0.2) is 20.6 Å². The minimum atomic E-state index is -3.74. The van der Waals surface area contributed by atoms with Crippen LogP contribution >= 0.6 is 11.8 Å². The van der Waals surface area contributed by atoms with Gasteiger partial charge in [-0.15, -0.1) is 11.8 Å². The first-order chi connectivity index (χ1) is 12.5. The Morgan fingerprint density at radius 3 is 2.26 bits per heavy atom. The van der Waals surface area contributed by atoms with Gasteiger partial charge in [0.05, 0.1) is 10.6 Å². The maximum atomic E-state index is 12.9. The van der Waals surface area contributed by atoms with Crippen molar-refractivity contribution >= 4 is 33.4 Å². The highest BCUT2D eigenvalue weighted by Gasteiger charge is 2.21. The monoisotopic (exact) mass is 406 g/mol. The fraction of sp³-hybridized carbons (Fsp3) is 0.350.